The number of thiophene rings is 1. The Bertz CT molecular complexity index is 974. The topological polar surface area (TPSA) is 55.8 Å². The summed E-state index contributed by atoms with van der Waals surface area (Å²) in [5.74, 6) is 0.581. The molecule has 0 aliphatic carbocycles. The molecule has 0 saturated carbocycles. The summed E-state index contributed by atoms with van der Waals surface area (Å²) in [6, 6.07) is 17.1. The van der Waals surface area contributed by atoms with Gasteiger partial charge in [0.1, 0.15) is 24.7 Å². The van der Waals surface area contributed by atoms with Crippen LogP contribution in [-0.4, -0.2) is 24.3 Å². The molecule has 0 atom stereocenters. The molecule has 3 rings (SSSR count). The van der Waals surface area contributed by atoms with Gasteiger partial charge in [-0.1, -0.05) is 35.9 Å². The molecule has 0 fully saturated rings. The van der Waals surface area contributed by atoms with Gasteiger partial charge >= 0.3 is 5.97 Å². The Morgan fingerprint density at radius 2 is 1.86 bits per heavy atom. The molecule has 0 amide bonds. The molecular formula is C23H22O4S. The van der Waals surface area contributed by atoms with Gasteiger partial charge in [0.15, 0.2) is 0 Å². The lowest BCUT2D eigenvalue weighted by atomic mass is 10.1. The Balaban J connectivity index is 1.62. The minimum Gasteiger partial charge on any atom is -0.490 e. The fraction of sp³-hybridized carbons (Fsp3) is 0.174. The van der Waals surface area contributed by atoms with Crippen LogP contribution in [0.25, 0.3) is 11.6 Å². The van der Waals surface area contributed by atoms with Crippen LogP contribution in [0.2, 0.25) is 0 Å². The zero-order chi connectivity index (χ0) is 19.9. The number of ether oxygens (including phenoxy) is 2. The van der Waals surface area contributed by atoms with Gasteiger partial charge in [-0.15, -0.1) is 11.3 Å². The summed E-state index contributed by atoms with van der Waals surface area (Å²) in [4.78, 5) is 12.3. The molecule has 144 valence electrons. The van der Waals surface area contributed by atoms with Crippen molar-refractivity contribution >= 4 is 29.0 Å². The number of carboxylic acids is 1. The first-order valence-corrected chi connectivity index (χ1v) is 9.82. The van der Waals surface area contributed by atoms with Crippen LogP contribution < -0.4 is 9.47 Å². The number of aryl methyl sites for hydroxylation is 2. The molecule has 0 aliphatic heterocycles. The second-order valence-electron chi connectivity index (χ2n) is 6.38. The second-order valence-corrected chi connectivity index (χ2v) is 7.33. The third kappa shape index (κ3) is 5.24. The molecular weight excluding hydrogens is 372 g/mol. The molecule has 5 heteroatoms. The van der Waals surface area contributed by atoms with Crippen molar-refractivity contribution in [1.29, 1.82) is 0 Å². The van der Waals surface area contributed by atoms with Gasteiger partial charge in [0.25, 0.3) is 0 Å². The first-order chi connectivity index (χ1) is 13.5. The van der Waals surface area contributed by atoms with Crippen LogP contribution in [0, 0.1) is 13.8 Å². The summed E-state index contributed by atoms with van der Waals surface area (Å²) in [5.41, 5.74) is 3.35. The zero-order valence-corrected chi connectivity index (χ0v) is 16.7. The molecule has 3 aromatic rings. The van der Waals surface area contributed by atoms with Crippen molar-refractivity contribution in [3.05, 3.63) is 81.5 Å². The average Bonchev–Trinajstić information content (AvgIpc) is 3.19. The predicted octanol–water partition coefficient (Wildman–Crippen LogP) is 5.45. The third-order valence-electron chi connectivity index (χ3n) is 4.13. The van der Waals surface area contributed by atoms with Gasteiger partial charge in [-0.25, -0.2) is 4.79 Å². The summed E-state index contributed by atoms with van der Waals surface area (Å²) in [5, 5.41) is 11.3. The van der Waals surface area contributed by atoms with Gasteiger partial charge in [-0.2, -0.15) is 0 Å². The smallest absolute Gasteiger partial charge is 0.337 e. The number of benzene rings is 2. The number of carbonyl (C=O) groups is 1. The average molecular weight is 394 g/mol. The van der Waals surface area contributed by atoms with E-state index in [1.54, 1.807) is 12.1 Å². The van der Waals surface area contributed by atoms with E-state index in [9.17, 15) is 9.90 Å². The lowest BCUT2D eigenvalue weighted by molar-refractivity contribution is -0.130. The molecule has 0 aliphatic rings. The molecule has 0 unspecified atom stereocenters. The predicted molar refractivity (Wildman–Crippen MR) is 113 cm³/mol. The molecule has 1 heterocycles. The maximum absolute atomic E-state index is 11.6. The second kappa shape index (κ2) is 9.24. The van der Waals surface area contributed by atoms with E-state index in [-0.39, 0.29) is 5.57 Å². The Hall–Kier alpha value is -3.05. The molecule has 1 N–H and O–H groups in total. The number of aliphatic carboxylic acids is 1. The highest BCUT2D eigenvalue weighted by Gasteiger charge is 2.11. The van der Waals surface area contributed by atoms with Crippen molar-refractivity contribution in [2.45, 2.75) is 13.8 Å². The molecule has 0 spiro atoms. The van der Waals surface area contributed by atoms with Crippen LogP contribution in [0.5, 0.6) is 11.5 Å². The molecule has 28 heavy (non-hydrogen) atoms. The van der Waals surface area contributed by atoms with Crippen molar-refractivity contribution in [3.8, 4) is 11.5 Å². The van der Waals surface area contributed by atoms with Crippen molar-refractivity contribution < 1.29 is 19.4 Å². The van der Waals surface area contributed by atoms with Crippen LogP contribution in [0.3, 0.4) is 0 Å². The number of rotatable bonds is 8. The van der Waals surface area contributed by atoms with Crippen molar-refractivity contribution in [2.24, 2.45) is 0 Å². The molecule has 0 radical (unpaired) electrons. The third-order valence-corrected chi connectivity index (χ3v) is 5.03. The monoisotopic (exact) mass is 394 g/mol. The lowest BCUT2D eigenvalue weighted by Crippen LogP contribution is -2.09. The highest BCUT2D eigenvalue weighted by atomic mass is 32.1. The summed E-state index contributed by atoms with van der Waals surface area (Å²) in [6.45, 7) is 4.90. The Kier molecular flexibility index (Phi) is 6.50. The standard InChI is InChI=1S/C23H22O4S/c1-16-8-9-21(17(2)13-16)27-11-10-26-19-6-3-5-18(14-19)15-20(23(24)25)22-7-4-12-28-22/h3-9,12-15H,10-11H2,1-2H3,(H,24,25)/b20-15+. The van der Waals surface area contributed by atoms with E-state index < -0.39 is 5.97 Å². The highest BCUT2D eigenvalue weighted by Crippen LogP contribution is 2.25. The number of carboxylic acid groups (broad SMARTS) is 1. The minimum absolute atomic E-state index is 0.269. The Morgan fingerprint density at radius 3 is 2.57 bits per heavy atom. The van der Waals surface area contributed by atoms with Crippen LogP contribution in [0.1, 0.15) is 21.6 Å². The van der Waals surface area contributed by atoms with E-state index in [1.807, 2.05) is 54.8 Å². The molecule has 4 nitrogen and oxygen atoms in total. The van der Waals surface area contributed by atoms with Crippen molar-refractivity contribution in [2.75, 3.05) is 13.2 Å². The summed E-state index contributed by atoms with van der Waals surface area (Å²) in [7, 11) is 0. The fourth-order valence-electron chi connectivity index (χ4n) is 2.80. The van der Waals surface area contributed by atoms with Gasteiger partial charge < -0.3 is 14.6 Å². The first-order valence-electron chi connectivity index (χ1n) is 8.95. The van der Waals surface area contributed by atoms with Crippen LogP contribution in [0.15, 0.2) is 60.0 Å². The van der Waals surface area contributed by atoms with E-state index in [4.69, 9.17) is 9.47 Å². The van der Waals surface area contributed by atoms with Gasteiger partial charge in [-0.3, -0.25) is 0 Å². The summed E-state index contributed by atoms with van der Waals surface area (Å²) >= 11 is 1.40. The van der Waals surface area contributed by atoms with Gasteiger partial charge in [-0.05, 0) is 60.7 Å². The van der Waals surface area contributed by atoms with Gasteiger partial charge in [0.05, 0.1) is 5.57 Å². The summed E-state index contributed by atoms with van der Waals surface area (Å²) in [6.07, 6.45) is 1.66. The maximum atomic E-state index is 11.6. The van der Waals surface area contributed by atoms with E-state index in [2.05, 4.69) is 13.0 Å². The van der Waals surface area contributed by atoms with E-state index in [1.165, 1.54) is 16.9 Å². The summed E-state index contributed by atoms with van der Waals surface area (Å²) < 4.78 is 11.5. The van der Waals surface area contributed by atoms with E-state index in [0.717, 1.165) is 21.8 Å². The quantitative estimate of drug-likeness (QED) is 0.408. The largest absolute Gasteiger partial charge is 0.490 e. The number of hydrogen-bond acceptors (Lipinski definition) is 4. The van der Waals surface area contributed by atoms with Gasteiger partial charge in [0, 0.05) is 4.88 Å². The molecule has 1 aromatic heterocycles. The van der Waals surface area contributed by atoms with Crippen LogP contribution in [-0.2, 0) is 4.79 Å². The number of hydrogen-bond donors (Lipinski definition) is 1. The SMILES string of the molecule is Cc1ccc(OCCOc2cccc(/C=C(/C(=O)O)c3cccs3)c2)c(C)c1. The van der Waals surface area contributed by atoms with Crippen molar-refractivity contribution in [1.82, 2.24) is 0 Å². The van der Waals surface area contributed by atoms with E-state index >= 15 is 0 Å². The van der Waals surface area contributed by atoms with Crippen LogP contribution in [0.4, 0.5) is 0 Å². The normalized spacial score (nSPS) is 11.3. The fourth-order valence-corrected chi connectivity index (χ4v) is 3.54. The zero-order valence-electron chi connectivity index (χ0n) is 15.8. The van der Waals surface area contributed by atoms with E-state index in [0.29, 0.717) is 19.0 Å². The lowest BCUT2D eigenvalue weighted by Gasteiger charge is -2.11. The Labute approximate surface area is 168 Å². The van der Waals surface area contributed by atoms with Gasteiger partial charge in [0.2, 0.25) is 0 Å². The van der Waals surface area contributed by atoms with Crippen LogP contribution >= 0.6 is 11.3 Å². The molecule has 2 aromatic carbocycles. The highest BCUT2D eigenvalue weighted by molar-refractivity contribution is 7.11. The molecule has 0 saturated heterocycles. The Morgan fingerprint density at radius 1 is 1.04 bits per heavy atom. The van der Waals surface area contributed by atoms with Crippen molar-refractivity contribution in [3.63, 3.8) is 0 Å². The first kappa shape index (κ1) is 19.7. The maximum Gasteiger partial charge on any atom is 0.337 e. The minimum atomic E-state index is -0.948. The molecule has 0 bridgehead atoms.